The molecule has 2 heterocycles. The zero-order chi connectivity index (χ0) is 14.9. The molecule has 0 aromatic carbocycles. The Morgan fingerprint density at radius 3 is 2.85 bits per heavy atom. The van der Waals surface area contributed by atoms with Crippen molar-refractivity contribution >= 4 is 11.8 Å². The Morgan fingerprint density at radius 1 is 1.55 bits per heavy atom. The summed E-state index contributed by atoms with van der Waals surface area (Å²) >= 11 is 0. The summed E-state index contributed by atoms with van der Waals surface area (Å²) in [7, 11) is 0. The van der Waals surface area contributed by atoms with Gasteiger partial charge in [-0.15, -0.1) is 0 Å². The van der Waals surface area contributed by atoms with E-state index in [9.17, 15) is 15.2 Å². The molecule has 0 spiro atoms. The third-order valence-electron chi connectivity index (χ3n) is 3.90. The van der Waals surface area contributed by atoms with Crippen LogP contribution in [0.3, 0.4) is 0 Å². The Morgan fingerprint density at radius 2 is 2.25 bits per heavy atom. The molecule has 2 rings (SSSR count). The van der Waals surface area contributed by atoms with Gasteiger partial charge in [-0.1, -0.05) is 6.92 Å². The molecular weight excluding hydrogens is 254 g/mol. The molecule has 106 valence electrons. The molecule has 0 saturated carbocycles. The molecular formula is C15H19N3O2. The van der Waals surface area contributed by atoms with E-state index in [1.807, 2.05) is 26.8 Å². The fourth-order valence-corrected chi connectivity index (χ4v) is 2.97. The van der Waals surface area contributed by atoms with Gasteiger partial charge in [-0.3, -0.25) is 0 Å². The van der Waals surface area contributed by atoms with E-state index >= 15 is 0 Å². The first kappa shape index (κ1) is 14.3. The number of piperidine rings is 1. The molecule has 5 heteroatoms. The van der Waals surface area contributed by atoms with E-state index in [-0.39, 0.29) is 5.92 Å². The summed E-state index contributed by atoms with van der Waals surface area (Å²) in [5.74, 6) is -0.276. The van der Waals surface area contributed by atoms with Crippen molar-refractivity contribution < 1.29 is 9.90 Å². The number of aryl methyl sites for hydroxylation is 2. The van der Waals surface area contributed by atoms with Crippen molar-refractivity contribution in [3.05, 3.63) is 22.9 Å². The van der Waals surface area contributed by atoms with E-state index in [4.69, 9.17) is 0 Å². The standard InChI is InChI=1S/C15H19N3O2/c1-9-5-4-6-18(13(9)15(19)20)14-12(8-16)10(2)7-11(3)17-14/h7,9,13H,4-6H2,1-3H3,(H,19,20). The summed E-state index contributed by atoms with van der Waals surface area (Å²) < 4.78 is 0. The Labute approximate surface area is 118 Å². The Kier molecular flexibility index (Phi) is 3.93. The molecule has 0 amide bonds. The Bertz CT molecular complexity index is 577. The quantitative estimate of drug-likeness (QED) is 0.894. The second-order valence-electron chi connectivity index (χ2n) is 5.49. The van der Waals surface area contributed by atoms with Crippen LogP contribution in [-0.4, -0.2) is 28.6 Å². The number of rotatable bonds is 2. The van der Waals surface area contributed by atoms with E-state index in [0.29, 0.717) is 17.9 Å². The van der Waals surface area contributed by atoms with E-state index in [1.165, 1.54) is 0 Å². The van der Waals surface area contributed by atoms with Gasteiger partial charge in [0.2, 0.25) is 0 Å². The van der Waals surface area contributed by atoms with Crippen molar-refractivity contribution in [2.24, 2.45) is 5.92 Å². The number of nitrogens with zero attached hydrogens (tertiary/aromatic N) is 3. The molecule has 20 heavy (non-hydrogen) atoms. The summed E-state index contributed by atoms with van der Waals surface area (Å²) in [4.78, 5) is 17.8. The van der Waals surface area contributed by atoms with Crippen molar-refractivity contribution in [3.8, 4) is 6.07 Å². The first-order valence-electron chi connectivity index (χ1n) is 6.83. The molecule has 1 aliphatic heterocycles. The highest BCUT2D eigenvalue weighted by Crippen LogP contribution is 2.31. The minimum atomic E-state index is -0.845. The van der Waals surface area contributed by atoms with Crippen LogP contribution in [-0.2, 0) is 4.79 Å². The lowest BCUT2D eigenvalue weighted by Gasteiger charge is -2.38. The largest absolute Gasteiger partial charge is 0.480 e. The zero-order valence-corrected chi connectivity index (χ0v) is 12.1. The summed E-state index contributed by atoms with van der Waals surface area (Å²) in [6, 6.07) is 3.41. The number of carboxylic acid groups (broad SMARTS) is 1. The van der Waals surface area contributed by atoms with Gasteiger partial charge < -0.3 is 10.0 Å². The zero-order valence-electron chi connectivity index (χ0n) is 12.1. The number of nitriles is 1. The maximum absolute atomic E-state index is 11.6. The van der Waals surface area contributed by atoms with Gasteiger partial charge in [0.1, 0.15) is 17.9 Å². The summed E-state index contributed by atoms with van der Waals surface area (Å²) in [5, 5.41) is 18.8. The number of aromatic nitrogens is 1. The van der Waals surface area contributed by atoms with Crippen LogP contribution in [0.1, 0.15) is 36.6 Å². The van der Waals surface area contributed by atoms with Crippen LogP contribution in [0.2, 0.25) is 0 Å². The molecule has 2 atom stereocenters. The molecule has 2 unspecified atom stereocenters. The van der Waals surface area contributed by atoms with Crippen molar-refractivity contribution in [1.82, 2.24) is 4.98 Å². The van der Waals surface area contributed by atoms with Crippen molar-refractivity contribution in [1.29, 1.82) is 5.26 Å². The minimum Gasteiger partial charge on any atom is -0.480 e. The predicted molar refractivity (Wildman–Crippen MR) is 75.6 cm³/mol. The maximum atomic E-state index is 11.6. The highest BCUT2D eigenvalue weighted by Gasteiger charge is 2.36. The van der Waals surface area contributed by atoms with Gasteiger partial charge in [0.05, 0.1) is 5.56 Å². The van der Waals surface area contributed by atoms with Gasteiger partial charge in [0.15, 0.2) is 0 Å². The minimum absolute atomic E-state index is 0.0513. The van der Waals surface area contributed by atoms with Crippen molar-refractivity contribution in [3.63, 3.8) is 0 Å². The molecule has 0 aliphatic carbocycles. The lowest BCUT2D eigenvalue weighted by Crippen LogP contribution is -2.50. The number of anilines is 1. The normalized spacial score (nSPS) is 22.4. The number of carboxylic acids is 1. The Balaban J connectivity index is 2.54. The van der Waals surface area contributed by atoms with Gasteiger partial charge in [0.25, 0.3) is 0 Å². The highest BCUT2D eigenvalue weighted by atomic mass is 16.4. The van der Waals surface area contributed by atoms with Gasteiger partial charge in [-0.05, 0) is 44.2 Å². The first-order valence-corrected chi connectivity index (χ1v) is 6.83. The van der Waals surface area contributed by atoms with Crippen LogP contribution in [0.5, 0.6) is 0 Å². The maximum Gasteiger partial charge on any atom is 0.326 e. The average molecular weight is 273 g/mol. The molecule has 1 aromatic rings. The topological polar surface area (TPSA) is 77.2 Å². The van der Waals surface area contributed by atoms with Gasteiger partial charge >= 0.3 is 5.97 Å². The average Bonchev–Trinajstić information content (AvgIpc) is 2.37. The Hall–Kier alpha value is -2.09. The van der Waals surface area contributed by atoms with E-state index in [2.05, 4.69) is 11.1 Å². The fourth-order valence-electron chi connectivity index (χ4n) is 2.97. The molecule has 1 saturated heterocycles. The second kappa shape index (κ2) is 5.49. The number of carbonyl (C=O) groups is 1. The molecule has 1 fully saturated rings. The van der Waals surface area contributed by atoms with Gasteiger partial charge in [0, 0.05) is 12.2 Å². The van der Waals surface area contributed by atoms with Crippen LogP contribution in [0.15, 0.2) is 6.07 Å². The van der Waals surface area contributed by atoms with Crippen LogP contribution in [0.25, 0.3) is 0 Å². The summed E-state index contributed by atoms with van der Waals surface area (Å²) in [6.07, 6.45) is 1.81. The molecule has 5 nitrogen and oxygen atoms in total. The molecule has 1 aliphatic rings. The van der Waals surface area contributed by atoms with E-state index in [1.54, 1.807) is 4.90 Å². The van der Waals surface area contributed by atoms with Gasteiger partial charge in [-0.25, -0.2) is 9.78 Å². The van der Waals surface area contributed by atoms with Crippen LogP contribution >= 0.6 is 0 Å². The molecule has 1 N–H and O–H groups in total. The smallest absolute Gasteiger partial charge is 0.326 e. The monoisotopic (exact) mass is 273 g/mol. The van der Waals surface area contributed by atoms with Crippen LogP contribution in [0, 0.1) is 31.1 Å². The van der Waals surface area contributed by atoms with Crippen molar-refractivity contribution in [2.45, 2.75) is 39.7 Å². The molecule has 0 radical (unpaired) electrons. The SMILES string of the molecule is Cc1cc(C)c(C#N)c(N2CCCC(C)C2C(=O)O)n1. The summed E-state index contributed by atoms with van der Waals surface area (Å²) in [6.45, 7) is 6.30. The fraction of sp³-hybridized carbons (Fsp3) is 0.533. The highest BCUT2D eigenvalue weighted by molar-refractivity contribution is 5.79. The third-order valence-corrected chi connectivity index (χ3v) is 3.90. The summed E-state index contributed by atoms with van der Waals surface area (Å²) in [5.41, 5.74) is 2.13. The number of hydrogen-bond donors (Lipinski definition) is 1. The number of pyridine rings is 1. The van der Waals surface area contributed by atoms with Crippen LogP contribution in [0.4, 0.5) is 5.82 Å². The van der Waals surface area contributed by atoms with Crippen LogP contribution < -0.4 is 4.90 Å². The lowest BCUT2D eigenvalue weighted by atomic mass is 9.90. The third kappa shape index (κ3) is 2.46. The van der Waals surface area contributed by atoms with E-state index < -0.39 is 12.0 Å². The molecule has 0 bridgehead atoms. The number of hydrogen-bond acceptors (Lipinski definition) is 4. The number of aliphatic carboxylic acids is 1. The van der Waals surface area contributed by atoms with Crippen molar-refractivity contribution in [2.75, 3.05) is 11.4 Å². The lowest BCUT2D eigenvalue weighted by molar-refractivity contribution is -0.140. The predicted octanol–water partition coefficient (Wildman–Crippen LogP) is 2.26. The van der Waals surface area contributed by atoms with E-state index in [0.717, 1.165) is 24.1 Å². The second-order valence-corrected chi connectivity index (χ2v) is 5.49. The van der Waals surface area contributed by atoms with Gasteiger partial charge in [-0.2, -0.15) is 5.26 Å². The first-order chi connectivity index (χ1) is 9.45. The molecule has 1 aromatic heterocycles.